The van der Waals surface area contributed by atoms with Gasteiger partial charge in [-0.05, 0) is 12.2 Å². The van der Waals surface area contributed by atoms with Crippen molar-refractivity contribution in [3.05, 3.63) is 10.6 Å². The molecule has 0 fully saturated rings. The molecule has 0 bridgehead atoms. The van der Waals surface area contributed by atoms with Gasteiger partial charge in [-0.1, -0.05) is 0 Å². The number of hydrogen-bond acceptors (Lipinski definition) is 3. The number of hydrogen-bond donors (Lipinski definition) is 1. The summed E-state index contributed by atoms with van der Waals surface area (Å²) in [5, 5.41) is 4.98. The van der Waals surface area contributed by atoms with E-state index in [1.807, 2.05) is 5.10 Å². The topological polar surface area (TPSA) is 42.8 Å². The molecule has 0 atom stereocenters. The molecule has 0 aliphatic heterocycles. The maximum absolute atomic E-state index is 12.6. The van der Waals surface area contributed by atoms with Crippen molar-refractivity contribution in [1.29, 1.82) is 0 Å². The van der Waals surface area contributed by atoms with Crippen LogP contribution in [-0.2, 0) is 11.3 Å². The van der Waals surface area contributed by atoms with E-state index in [1.165, 1.54) is 7.11 Å². The van der Waals surface area contributed by atoms with E-state index in [2.05, 4.69) is 22.1 Å². The fourth-order valence-corrected chi connectivity index (χ4v) is 1.66. The highest BCUT2D eigenvalue weighted by molar-refractivity contribution is 7.71. The number of halogens is 6. The highest BCUT2D eigenvalue weighted by Gasteiger charge is 2.60. The van der Waals surface area contributed by atoms with Crippen LogP contribution in [-0.4, -0.2) is 40.8 Å². The first-order valence-corrected chi connectivity index (χ1v) is 5.27. The van der Waals surface area contributed by atoms with Crippen molar-refractivity contribution in [3.8, 4) is 0 Å². The predicted molar refractivity (Wildman–Crippen MR) is 54.1 cm³/mol. The van der Waals surface area contributed by atoms with E-state index in [0.717, 1.165) is 0 Å². The molecular weight excluding hydrogens is 300 g/mol. The second kappa shape index (κ2) is 5.49. The highest BCUT2D eigenvalue weighted by Crippen LogP contribution is 2.45. The molecule has 0 amide bonds. The van der Waals surface area contributed by atoms with Crippen LogP contribution in [0.4, 0.5) is 26.3 Å². The monoisotopic (exact) mass is 309 g/mol. The van der Waals surface area contributed by atoms with E-state index in [9.17, 15) is 26.3 Å². The van der Waals surface area contributed by atoms with Crippen LogP contribution in [0.1, 0.15) is 11.7 Å². The number of methoxy groups -OCH3 is 1. The zero-order valence-corrected chi connectivity index (χ0v) is 10.3. The zero-order chi connectivity index (χ0) is 14.8. The molecule has 0 spiro atoms. The minimum absolute atomic E-state index is 0.0940. The number of aromatic amines is 1. The Morgan fingerprint density at radius 2 is 1.79 bits per heavy atom. The lowest BCUT2D eigenvalue weighted by atomic mass is 10.1. The SMILES string of the molecule is COCCn1c(C(C(F)(F)F)C(F)(F)F)n[nH]c1=S. The number of aromatic nitrogens is 3. The standard InChI is InChI=1S/C8H9F6N3OS/c1-18-3-2-17-5(15-16-6(17)19)4(7(9,10)11)8(12,13)14/h4H,2-3H2,1H3,(H,16,19). The van der Waals surface area contributed by atoms with Gasteiger partial charge >= 0.3 is 12.4 Å². The summed E-state index contributed by atoms with van der Waals surface area (Å²) in [4.78, 5) is 0. The molecule has 4 nitrogen and oxygen atoms in total. The van der Waals surface area contributed by atoms with Crippen LogP contribution >= 0.6 is 12.2 Å². The first-order valence-electron chi connectivity index (χ1n) is 4.86. The van der Waals surface area contributed by atoms with E-state index in [4.69, 9.17) is 0 Å². The maximum Gasteiger partial charge on any atom is 0.407 e. The van der Waals surface area contributed by atoms with Gasteiger partial charge in [0.25, 0.3) is 0 Å². The van der Waals surface area contributed by atoms with Gasteiger partial charge in [-0.3, -0.25) is 5.10 Å². The van der Waals surface area contributed by atoms with Gasteiger partial charge in [0.05, 0.1) is 13.2 Å². The number of H-pyrrole nitrogens is 1. The van der Waals surface area contributed by atoms with Gasteiger partial charge in [-0.15, -0.1) is 0 Å². The summed E-state index contributed by atoms with van der Waals surface area (Å²) in [6.07, 6.45) is -11.0. The Kier molecular flexibility index (Phi) is 4.61. The lowest BCUT2D eigenvalue weighted by Gasteiger charge is -2.22. The Morgan fingerprint density at radius 3 is 2.21 bits per heavy atom. The summed E-state index contributed by atoms with van der Waals surface area (Å²) in [5.41, 5.74) is 0. The molecule has 0 aromatic carbocycles. The molecule has 1 rings (SSSR count). The third-order valence-electron chi connectivity index (χ3n) is 2.22. The Morgan fingerprint density at radius 1 is 1.26 bits per heavy atom. The molecule has 0 saturated heterocycles. The second-order valence-corrected chi connectivity index (χ2v) is 3.93. The molecule has 0 aliphatic carbocycles. The lowest BCUT2D eigenvalue weighted by Crippen LogP contribution is -2.36. The third-order valence-corrected chi connectivity index (χ3v) is 2.53. The molecule has 1 heterocycles. The van der Waals surface area contributed by atoms with Gasteiger partial charge < -0.3 is 9.30 Å². The predicted octanol–water partition coefficient (Wildman–Crippen LogP) is 2.80. The molecule has 0 radical (unpaired) electrons. The van der Waals surface area contributed by atoms with E-state index >= 15 is 0 Å². The van der Waals surface area contributed by atoms with Crippen LogP contribution in [0.25, 0.3) is 0 Å². The number of rotatable bonds is 4. The largest absolute Gasteiger partial charge is 0.407 e. The molecule has 0 unspecified atom stereocenters. The van der Waals surface area contributed by atoms with Crippen molar-refractivity contribution >= 4 is 12.2 Å². The normalized spacial score (nSPS) is 13.3. The number of nitrogens with zero attached hydrogens (tertiary/aromatic N) is 2. The minimum Gasteiger partial charge on any atom is -0.383 e. The van der Waals surface area contributed by atoms with Crippen molar-refractivity contribution in [1.82, 2.24) is 14.8 Å². The van der Waals surface area contributed by atoms with E-state index in [-0.39, 0.29) is 17.9 Å². The fraction of sp³-hybridized carbons (Fsp3) is 0.750. The van der Waals surface area contributed by atoms with Crippen LogP contribution in [0.2, 0.25) is 0 Å². The van der Waals surface area contributed by atoms with Gasteiger partial charge in [0.2, 0.25) is 5.92 Å². The second-order valence-electron chi connectivity index (χ2n) is 3.55. The van der Waals surface area contributed by atoms with Crippen LogP contribution < -0.4 is 0 Å². The Hall–Kier alpha value is -1.10. The minimum atomic E-state index is -5.51. The van der Waals surface area contributed by atoms with E-state index < -0.39 is 24.1 Å². The molecule has 1 aromatic rings. The van der Waals surface area contributed by atoms with Crippen molar-refractivity contribution < 1.29 is 31.1 Å². The molecule has 1 aromatic heterocycles. The number of nitrogens with one attached hydrogen (secondary N) is 1. The van der Waals surface area contributed by atoms with Crippen molar-refractivity contribution in [2.75, 3.05) is 13.7 Å². The first-order chi connectivity index (χ1) is 8.59. The summed E-state index contributed by atoms with van der Waals surface area (Å²) in [5.74, 6) is -4.91. The van der Waals surface area contributed by atoms with Crippen molar-refractivity contribution in [2.45, 2.75) is 24.8 Å². The molecule has 0 saturated carbocycles. The smallest absolute Gasteiger partial charge is 0.383 e. The fourth-order valence-electron chi connectivity index (χ4n) is 1.43. The maximum atomic E-state index is 12.6. The summed E-state index contributed by atoms with van der Waals surface area (Å²) in [6.45, 7) is -0.354. The van der Waals surface area contributed by atoms with Gasteiger partial charge in [0, 0.05) is 7.11 Å². The van der Waals surface area contributed by atoms with E-state index in [0.29, 0.717) is 4.57 Å². The van der Waals surface area contributed by atoms with Crippen molar-refractivity contribution in [2.24, 2.45) is 0 Å². The van der Waals surface area contributed by atoms with Gasteiger partial charge in [0.15, 0.2) is 10.6 Å². The summed E-state index contributed by atoms with van der Waals surface area (Å²) >= 11 is 4.61. The summed E-state index contributed by atoms with van der Waals surface area (Å²) in [7, 11) is 1.26. The first kappa shape index (κ1) is 16.0. The quantitative estimate of drug-likeness (QED) is 0.687. The molecule has 110 valence electrons. The number of ether oxygens (including phenoxy) is 1. The Balaban J connectivity index is 3.28. The number of alkyl halides is 6. The average molecular weight is 309 g/mol. The van der Waals surface area contributed by atoms with Gasteiger partial charge in [-0.2, -0.15) is 31.4 Å². The molecule has 0 aliphatic rings. The zero-order valence-electron chi connectivity index (χ0n) is 9.47. The van der Waals surface area contributed by atoms with Crippen LogP contribution in [0.15, 0.2) is 0 Å². The van der Waals surface area contributed by atoms with E-state index in [1.54, 1.807) is 0 Å². The molecule has 1 N–H and O–H groups in total. The Bertz CT molecular complexity index is 462. The van der Waals surface area contributed by atoms with Gasteiger partial charge in [-0.25, -0.2) is 0 Å². The summed E-state index contributed by atoms with van der Waals surface area (Å²) < 4.78 is 80.3. The lowest BCUT2D eigenvalue weighted by molar-refractivity contribution is -0.256. The Labute approximate surface area is 108 Å². The average Bonchev–Trinajstić information content (AvgIpc) is 2.53. The van der Waals surface area contributed by atoms with Gasteiger partial charge in [0.1, 0.15) is 0 Å². The van der Waals surface area contributed by atoms with Crippen molar-refractivity contribution in [3.63, 3.8) is 0 Å². The third kappa shape index (κ3) is 3.69. The summed E-state index contributed by atoms with van der Waals surface area (Å²) in [6, 6.07) is 0. The highest BCUT2D eigenvalue weighted by atomic mass is 32.1. The van der Waals surface area contributed by atoms with Crippen LogP contribution in [0, 0.1) is 4.77 Å². The van der Waals surface area contributed by atoms with Crippen LogP contribution in [0.5, 0.6) is 0 Å². The van der Waals surface area contributed by atoms with Crippen LogP contribution in [0.3, 0.4) is 0 Å². The molecule has 11 heteroatoms. The molecular formula is C8H9F6N3OS. The molecule has 19 heavy (non-hydrogen) atoms.